The van der Waals surface area contributed by atoms with Crippen molar-refractivity contribution in [3.05, 3.63) is 94.5 Å². The molecule has 1 heterocycles. The fourth-order valence-electron chi connectivity index (χ4n) is 4.18. The van der Waals surface area contributed by atoms with Gasteiger partial charge >= 0.3 is 5.97 Å². The number of benzene rings is 3. The van der Waals surface area contributed by atoms with Crippen molar-refractivity contribution in [1.29, 1.82) is 0 Å². The first kappa shape index (κ1) is 19.9. The van der Waals surface area contributed by atoms with Gasteiger partial charge in [-0.25, -0.2) is 0 Å². The number of rotatable bonds is 5. The monoisotopic (exact) mass is 449 g/mol. The van der Waals surface area contributed by atoms with E-state index in [2.05, 4.69) is 87.6 Å². The molecule has 1 atom stereocenters. The number of hydrogen-bond donors (Lipinski definition) is 1. The Labute approximate surface area is 180 Å². The predicted molar refractivity (Wildman–Crippen MR) is 120 cm³/mol. The summed E-state index contributed by atoms with van der Waals surface area (Å²) < 4.78 is 1.06. The van der Waals surface area contributed by atoms with Gasteiger partial charge in [0.25, 0.3) is 0 Å². The summed E-state index contributed by atoms with van der Waals surface area (Å²) >= 11 is 3.60. The molecule has 1 unspecified atom stereocenters. The Bertz CT molecular complexity index is 964. The lowest BCUT2D eigenvalue weighted by Crippen LogP contribution is -2.39. The van der Waals surface area contributed by atoms with Gasteiger partial charge in [-0.15, -0.1) is 0 Å². The molecule has 1 aliphatic heterocycles. The van der Waals surface area contributed by atoms with E-state index in [0.29, 0.717) is 12.8 Å². The van der Waals surface area contributed by atoms with Crippen LogP contribution in [0.3, 0.4) is 0 Å². The summed E-state index contributed by atoms with van der Waals surface area (Å²) in [4.78, 5) is 13.8. The molecule has 0 bridgehead atoms. The quantitative estimate of drug-likeness (QED) is 0.518. The van der Waals surface area contributed by atoms with Gasteiger partial charge in [-0.1, -0.05) is 82.7 Å². The molecule has 1 aliphatic rings. The van der Waals surface area contributed by atoms with E-state index in [9.17, 15) is 9.90 Å². The molecule has 0 radical (unpaired) electrons. The van der Waals surface area contributed by atoms with Crippen LogP contribution < -0.4 is 0 Å². The molecule has 0 spiro atoms. The minimum absolute atomic E-state index is 0.118. The number of nitrogens with zero attached hydrogens (tertiary/aromatic N) is 1. The van der Waals surface area contributed by atoms with Gasteiger partial charge in [0.2, 0.25) is 0 Å². The van der Waals surface area contributed by atoms with Gasteiger partial charge in [0.05, 0.1) is 12.0 Å². The van der Waals surface area contributed by atoms with Gasteiger partial charge in [-0.2, -0.15) is 0 Å². The average molecular weight is 450 g/mol. The van der Waals surface area contributed by atoms with Crippen molar-refractivity contribution in [2.75, 3.05) is 13.1 Å². The van der Waals surface area contributed by atoms with Gasteiger partial charge in [0.1, 0.15) is 0 Å². The molecule has 1 saturated heterocycles. The van der Waals surface area contributed by atoms with Gasteiger partial charge in [-0.3, -0.25) is 9.69 Å². The predicted octanol–water partition coefficient (Wildman–Crippen LogP) is 6.00. The summed E-state index contributed by atoms with van der Waals surface area (Å²) in [7, 11) is 0. The molecule has 0 amide bonds. The average Bonchev–Trinajstić information content (AvgIpc) is 2.75. The van der Waals surface area contributed by atoms with Crippen LogP contribution in [-0.4, -0.2) is 29.1 Å². The first-order valence-electron chi connectivity index (χ1n) is 9.99. The van der Waals surface area contributed by atoms with Gasteiger partial charge in [0, 0.05) is 4.47 Å². The first-order valence-corrected chi connectivity index (χ1v) is 10.8. The van der Waals surface area contributed by atoms with E-state index in [1.807, 2.05) is 12.1 Å². The normalized spacial score (nSPS) is 16.4. The summed E-state index contributed by atoms with van der Waals surface area (Å²) in [5, 5.41) is 9.35. The maximum absolute atomic E-state index is 11.4. The molecule has 0 saturated carbocycles. The lowest BCUT2D eigenvalue weighted by molar-refractivity contribution is -0.143. The van der Waals surface area contributed by atoms with Gasteiger partial charge < -0.3 is 5.11 Å². The Morgan fingerprint density at radius 1 is 0.862 bits per heavy atom. The highest BCUT2D eigenvalue weighted by Crippen LogP contribution is 2.34. The fraction of sp³-hybridized carbons (Fsp3) is 0.240. The summed E-state index contributed by atoms with van der Waals surface area (Å²) in [6.45, 7) is 1.57. The standard InChI is InChI=1S/C25H24BrNO2/c26-23-8-4-7-22(17-23)24(27-15-13-21(14-16-27)25(28)29)20-11-9-19(10-12-20)18-5-2-1-3-6-18/h1-12,17,21,24H,13-16H2,(H,28,29). The van der Waals surface area contributed by atoms with E-state index in [0.717, 1.165) is 17.6 Å². The number of hydrogen-bond acceptors (Lipinski definition) is 2. The topological polar surface area (TPSA) is 40.5 Å². The smallest absolute Gasteiger partial charge is 0.306 e. The lowest BCUT2D eigenvalue weighted by Gasteiger charge is -2.37. The second-order valence-corrected chi connectivity index (χ2v) is 8.51. The van der Waals surface area contributed by atoms with E-state index in [1.165, 1.54) is 22.3 Å². The summed E-state index contributed by atoms with van der Waals surface area (Å²) in [6, 6.07) is 27.7. The minimum Gasteiger partial charge on any atom is -0.481 e. The summed E-state index contributed by atoms with van der Waals surface area (Å²) in [5.41, 5.74) is 4.87. The van der Waals surface area contributed by atoms with Gasteiger partial charge in [-0.05, 0) is 60.3 Å². The van der Waals surface area contributed by atoms with Crippen molar-refractivity contribution in [1.82, 2.24) is 4.90 Å². The van der Waals surface area contributed by atoms with Crippen molar-refractivity contribution >= 4 is 21.9 Å². The van der Waals surface area contributed by atoms with Crippen molar-refractivity contribution in [3.8, 4) is 11.1 Å². The van der Waals surface area contributed by atoms with Crippen molar-refractivity contribution < 1.29 is 9.90 Å². The Kier molecular flexibility index (Phi) is 6.12. The number of likely N-dealkylation sites (tertiary alicyclic amines) is 1. The zero-order valence-electron chi connectivity index (χ0n) is 16.2. The molecule has 3 aromatic carbocycles. The molecular formula is C25H24BrNO2. The Morgan fingerprint density at radius 3 is 2.14 bits per heavy atom. The second-order valence-electron chi connectivity index (χ2n) is 7.59. The van der Waals surface area contributed by atoms with Gasteiger partial charge in [0.15, 0.2) is 0 Å². The number of piperidine rings is 1. The summed E-state index contributed by atoms with van der Waals surface area (Å²) in [6.07, 6.45) is 1.39. The largest absolute Gasteiger partial charge is 0.481 e. The van der Waals surface area contributed by atoms with E-state index < -0.39 is 5.97 Å². The first-order chi connectivity index (χ1) is 14.1. The van der Waals surface area contributed by atoms with Crippen LogP contribution in [0.15, 0.2) is 83.3 Å². The van der Waals surface area contributed by atoms with Crippen LogP contribution in [0.5, 0.6) is 0 Å². The maximum Gasteiger partial charge on any atom is 0.306 e. The summed E-state index contributed by atoms with van der Waals surface area (Å²) in [5.74, 6) is -0.897. The lowest BCUT2D eigenvalue weighted by atomic mass is 9.90. The molecule has 0 aliphatic carbocycles. The van der Waals surface area contributed by atoms with Crippen LogP contribution in [0.25, 0.3) is 11.1 Å². The molecule has 3 nitrogen and oxygen atoms in total. The highest BCUT2D eigenvalue weighted by Gasteiger charge is 2.30. The maximum atomic E-state index is 11.4. The van der Waals surface area contributed by atoms with E-state index >= 15 is 0 Å². The zero-order valence-corrected chi connectivity index (χ0v) is 17.8. The second kappa shape index (κ2) is 8.93. The molecule has 1 fully saturated rings. The third-order valence-corrected chi connectivity index (χ3v) is 6.24. The van der Waals surface area contributed by atoms with Crippen molar-refractivity contribution in [3.63, 3.8) is 0 Å². The number of carbonyl (C=O) groups is 1. The minimum atomic E-state index is -0.670. The molecule has 29 heavy (non-hydrogen) atoms. The Hall–Kier alpha value is -2.43. The third kappa shape index (κ3) is 4.60. The highest BCUT2D eigenvalue weighted by molar-refractivity contribution is 9.10. The molecule has 148 valence electrons. The van der Waals surface area contributed by atoms with Crippen LogP contribution in [-0.2, 0) is 4.79 Å². The molecule has 4 rings (SSSR count). The van der Waals surface area contributed by atoms with Crippen LogP contribution in [0, 0.1) is 5.92 Å². The van der Waals surface area contributed by atoms with E-state index in [-0.39, 0.29) is 12.0 Å². The highest BCUT2D eigenvalue weighted by atomic mass is 79.9. The van der Waals surface area contributed by atoms with Crippen LogP contribution in [0.4, 0.5) is 0 Å². The third-order valence-electron chi connectivity index (χ3n) is 5.74. The van der Waals surface area contributed by atoms with Crippen molar-refractivity contribution in [2.24, 2.45) is 5.92 Å². The molecular weight excluding hydrogens is 426 g/mol. The fourth-order valence-corrected chi connectivity index (χ4v) is 4.60. The Morgan fingerprint density at radius 2 is 1.52 bits per heavy atom. The zero-order chi connectivity index (χ0) is 20.2. The van der Waals surface area contributed by atoms with Crippen LogP contribution in [0.1, 0.15) is 30.0 Å². The van der Waals surface area contributed by atoms with E-state index in [1.54, 1.807) is 0 Å². The molecule has 3 aromatic rings. The molecule has 4 heteroatoms. The van der Waals surface area contributed by atoms with Crippen molar-refractivity contribution in [2.45, 2.75) is 18.9 Å². The SMILES string of the molecule is O=C(O)C1CCN(C(c2ccc(-c3ccccc3)cc2)c2cccc(Br)c2)CC1. The van der Waals surface area contributed by atoms with E-state index in [4.69, 9.17) is 0 Å². The number of carboxylic acids is 1. The number of carboxylic acid groups (broad SMARTS) is 1. The Balaban J connectivity index is 1.65. The van der Waals surface area contributed by atoms with Crippen LogP contribution >= 0.6 is 15.9 Å². The number of halogens is 1. The van der Waals surface area contributed by atoms with Crippen LogP contribution in [0.2, 0.25) is 0 Å². The molecule has 1 N–H and O–H groups in total. The number of aliphatic carboxylic acids is 1. The molecule has 0 aromatic heterocycles.